The molecule has 0 bridgehead atoms. The minimum absolute atomic E-state index is 0.0827. The molecule has 6 nitrogen and oxygen atoms in total. The lowest BCUT2D eigenvalue weighted by Gasteiger charge is -2.37. The number of carbonyl (C=O) groups excluding carboxylic acids is 1. The van der Waals surface area contributed by atoms with Gasteiger partial charge in [0.25, 0.3) is 0 Å². The molecule has 2 aliphatic rings. The van der Waals surface area contributed by atoms with Gasteiger partial charge in [-0.25, -0.2) is 9.97 Å². The number of piperazine rings is 1. The molecule has 1 unspecified atom stereocenters. The number of aromatic nitrogens is 2. The Morgan fingerprint density at radius 1 is 1.17 bits per heavy atom. The Bertz CT molecular complexity index is 595. The number of amides is 1. The van der Waals surface area contributed by atoms with Crippen LogP contribution in [0.25, 0.3) is 0 Å². The van der Waals surface area contributed by atoms with E-state index in [-0.39, 0.29) is 6.04 Å². The highest BCUT2D eigenvalue weighted by molar-refractivity contribution is 5.82. The van der Waals surface area contributed by atoms with E-state index in [1.165, 1.54) is 0 Å². The third-order valence-corrected chi connectivity index (χ3v) is 5.13. The molecule has 6 heteroatoms. The zero-order chi connectivity index (χ0) is 17.3. The van der Waals surface area contributed by atoms with E-state index >= 15 is 0 Å². The molecule has 2 aliphatic heterocycles. The standard InChI is InChI=1S/C18H29N5O/c1-13(2)15-12-14(3)19-18(20-15)23-10-8-22(9-11-23)17(24)16-6-5-7-21(16)4/h12-13,16H,5-11H2,1-4H3. The van der Waals surface area contributed by atoms with Crippen LogP contribution in [0.1, 0.15) is 44.0 Å². The van der Waals surface area contributed by atoms with Crippen molar-refractivity contribution in [3.8, 4) is 0 Å². The van der Waals surface area contributed by atoms with Crippen molar-refractivity contribution in [1.82, 2.24) is 19.8 Å². The first-order valence-corrected chi connectivity index (χ1v) is 9.05. The third kappa shape index (κ3) is 3.53. The molecule has 0 aliphatic carbocycles. The fourth-order valence-electron chi connectivity index (χ4n) is 3.57. The van der Waals surface area contributed by atoms with Gasteiger partial charge in [0.1, 0.15) is 0 Å². The fraction of sp³-hybridized carbons (Fsp3) is 0.722. The van der Waals surface area contributed by atoms with Crippen molar-refractivity contribution in [2.45, 2.75) is 45.6 Å². The molecule has 3 heterocycles. The monoisotopic (exact) mass is 331 g/mol. The number of hydrogen-bond donors (Lipinski definition) is 0. The number of hydrogen-bond acceptors (Lipinski definition) is 5. The topological polar surface area (TPSA) is 52.6 Å². The molecule has 2 fully saturated rings. The Labute approximate surface area is 144 Å². The average Bonchev–Trinajstić information content (AvgIpc) is 2.99. The molecule has 0 saturated carbocycles. The van der Waals surface area contributed by atoms with Gasteiger partial charge in [0, 0.05) is 37.6 Å². The summed E-state index contributed by atoms with van der Waals surface area (Å²) >= 11 is 0. The quantitative estimate of drug-likeness (QED) is 0.843. The molecule has 1 amide bonds. The number of likely N-dealkylation sites (tertiary alicyclic amines) is 1. The normalized spacial score (nSPS) is 22.5. The van der Waals surface area contributed by atoms with E-state index in [2.05, 4.69) is 41.7 Å². The first-order chi connectivity index (χ1) is 11.5. The molecule has 24 heavy (non-hydrogen) atoms. The Kier molecular flexibility index (Phi) is 5.04. The molecule has 1 atom stereocenters. The summed E-state index contributed by atoms with van der Waals surface area (Å²) in [5.74, 6) is 1.50. The van der Waals surface area contributed by atoms with Crippen LogP contribution in [0.15, 0.2) is 6.07 Å². The van der Waals surface area contributed by atoms with Crippen LogP contribution >= 0.6 is 0 Å². The highest BCUT2D eigenvalue weighted by Crippen LogP contribution is 2.20. The second-order valence-electron chi connectivity index (χ2n) is 7.34. The summed E-state index contributed by atoms with van der Waals surface area (Å²) in [6.45, 7) is 10.5. The maximum Gasteiger partial charge on any atom is 0.240 e. The van der Waals surface area contributed by atoms with Crippen LogP contribution in [0.2, 0.25) is 0 Å². The summed E-state index contributed by atoms with van der Waals surface area (Å²) in [7, 11) is 2.06. The Hall–Kier alpha value is -1.69. The molecule has 2 saturated heterocycles. The summed E-state index contributed by atoms with van der Waals surface area (Å²) < 4.78 is 0. The highest BCUT2D eigenvalue weighted by atomic mass is 16.2. The van der Waals surface area contributed by atoms with Crippen molar-refractivity contribution in [2.24, 2.45) is 0 Å². The van der Waals surface area contributed by atoms with Gasteiger partial charge in [0.2, 0.25) is 11.9 Å². The van der Waals surface area contributed by atoms with E-state index in [1.807, 2.05) is 11.8 Å². The molecule has 0 N–H and O–H groups in total. The molecule has 0 radical (unpaired) electrons. The van der Waals surface area contributed by atoms with Crippen molar-refractivity contribution >= 4 is 11.9 Å². The van der Waals surface area contributed by atoms with Gasteiger partial charge in [-0.05, 0) is 45.3 Å². The lowest BCUT2D eigenvalue weighted by atomic mass is 10.1. The van der Waals surface area contributed by atoms with E-state index in [0.717, 1.165) is 62.9 Å². The molecular weight excluding hydrogens is 302 g/mol. The lowest BCUT2D eigenvalue weighted by Crippen LogP contribution is -2.53. The fourth-order valence-corrected chi connectivity index (χ4v) is 3.57. The van der Waals surface area contributed by atoms with E-state index in [9.17, 15) is 4.79 Å². The largest absolute Gasteiger partial charge is 0.338 e. The summed E-state index contributed by atoms with van der Waals surface area (Å²) in [6.07, 6.45) is 2.12. The zero-order valence-electron chi connectivity index (χ0n) is 15.3. The van der Waals surface area contributed by atoms with Gasteiger partial charge in [-0.1, -0.05) is 13.8 Å². The predicted molar refractivity (Wildman–Crippen MR) is 95.3 cm³/mol. The maximum atomic E-state index is 12.7. The van der Waals surface area contributed by atoms with Gasteiger partial charge in [0.05, 0.1) is 6.04 Å². The van der Waals surface area contributed by atoms with E-state index in [1.54, 1.807) is 0 Å². The number of carbonyl (C=O) groups is 1. The minimum Gasteiger partial charge on any atom is -0.338 e. The third-order valence-electron chi connectivity index (χ3n) is 5.13. The first kappa shape index (κ1) is 17.1. The summed E-state index contributed by atoms with van der Waals surface area (Å²) in [5.41, 5.74) is 2.10. The Morgan fingerprint density at radius 3 is 2.46 bits per heavy atom. The van der Waals surface area contributed by atoms with Gasteiger partial charge < -0.3 is 9.80 Å². The number of anilines is 1. The van der Waals surface area contributed by atoms with Gasteiger partial charge in [-0.3, -0.25) is 9.69 Å². The smallest absolute Gasteiger partial charge is 0.240 e. The van der Waals surface area contributed by atoms with Crippen LogP contribution in [0, 0.1) is 6.92 Å². The van der Waals surface area contributed by atoms with Gasteiger partial charge >= 0.3 is 0 Å². The molecule has 3 rings (SSSR count). The number of nitrogens with zero attached hydrogens (tertiary/aromatic N) is 5. The van der Waals surface area contributed by atoms with E-state index < -0.39 is 0 Å². The van der Waals surface area contributed by atoms with Gasteiger partial charge in [0.15, 0.2) is 0 Å². The summed E-state index contributed by atoms with van der Waals surface area (Å²) in [6, 6.07) is 2.14. The Morgan fingerprint density at radius 2 is 1.88 bits per heavy atom. The van der Waals surface area contributed by atoms with Crippen LogP contribution in [0.3, 0.4) is 0 Å². The molecular formula is C18H29N5O. The van der Waals surface area contributed by atoms with Crippen LogP contribution in [0.4, 0.5) is 5.95 Å². The van der Waals surface area contributed by atoms with Crippen molar-refractivity contribution in [2.75, 3.05) is 44.7 Å². The summed E-state index contributed by atoms with van der Waals surface area (Å²) in [4.78, 5) is 28.4. The predicted octanol–water partition coefficient (Wildman–Crippen LogP) is 1.65. The van der Waals surface area contributed by atoms with Crippen LogP contribution in [0.5, 0.6) is 0 Å². The summed E-state index contributed by atoms with van der Waals surface area (Å²) in [5, 5.41) is 0. The molecule has 0 aromatic carbocycles. The van der Waals surface area contributed by atoms with Crippen molar-refractivity contribution in [3.63, 3.8) is 0 Å². The SMILES string of the molecule is Cc1cc(C(C)C)nc(N2CCN(C(=O)C3CCCN3C)CC2)n1. The maximum absolute atomic E-state index is 12.7. The molecule has 1 aromatic heterocycles. The van der Waals surface area contributed by atoms with Gasteiger partial charge in [-0.15, -0.1) is 0 Å². The zero-order valence-corrected chi connectivity index (χ0v) is 15.3. The van der Waals surface area contributed by atoms with Gasteiger partial charge in [-0.2, -0.15) is 0 Å². The Balaban J connectivity index is 1.64. The van der Waals surface area contributed by atoms with Crippen LogP contribution < -0.4 is 4.90 Å². The van der Waals surface area contributed by atoms with E-state index in [4.69, 9.17) is 4.98 Å². The van der Waals surface area contributed by atoms with Crippen molar-refractivity contribution < 1.29 is 4.79 Å². The number of aryl methyl sites for hydroxylation is 1. The van der Waals surface area contributed by atoms with Crippen molar-refractivity contribution in [1.29, 1.82) is 0 Å². The highest BCUT2D eigenvalue weighted by Gasteiger charge is 2.33. The first-order valence-electron chi connectivity index (χ1n) is 9.05. The van der Waals surface area contributed by atoms with Crippen molar-refractivity contribution in [3.05, 3.63) is 17.5 Å². The second-order valence-corrected chi connectivity index (χ2v) is 7.34. The van der Waals surface area contributed by atoms with Crippen LogP contribution in [-0.2, 0) is 4.79 Å². The number of rotatable bonds is 3. The number of likely N-dealkylation sites (N-methyl/N-ethyl adjacent to an activating group) is 1. The van der Waals surface area contributed by atoms with E-state index in [0.29, 0.717) is 11.8 Å². The van der Waals surface area contributed by atoms with Crippen LogP contribution in [-0.4, -0.2) is 71.5 Å². The molecule has 132 valence electrons. The minimum atomic E-state index is 0.0827. The molecule has 0 spiro atoms. The second kappa shape index (κ2) is 7.05. The lowest BCUT2D eigenvalue weighted by molar-refractivity contribution is -0.135. The molecule has 1 aromatic rings. The average molecular weight is 331 g/mol.